The van der Waals surface area contributed by atoms with Gasteiger partial charge in [0.05, 0.1) is 5.56 Å². The van der Waals surface area contributed by atoms with E-state index in [0.29, 0.717) is 0 Å². The van der Waals surface area contributed by atoms with Crippen molar-refractivity contribution in [1.29, 1.82) is 0 Å². The summed E-state index contributed by atoms with van der Waals surface area (Å²) in [6, 6.07) is 3.55. The van der Waals surface area contributed by atoms with Gasteiger partial charge in [0.2, 0.25) is 12.0 Å². The molecule has 2 aromatic rings. The molecule has 0 unspecified atom stereocenters. The first-order chi connectivity index (χ1) is 10.3. The molecule has 116 valence electrons. The molecule has 2 N–H and O–H groups in total. The number of nitrogens with zero attached hydrogens (tertiary/aromatic N) is 1. The fourth-order valence-corrected chi connectivity index (χ4v) is 2.37. The van der Waals surface area contributed by atoms with Crippen LogP contribution >= 0.6 is 11.3 Å². The fourth-order valence-electron chi connectivity index (χ4n) is 1.59. The number of hydrogen-bond donors (Lipinski definition) is 1. The maximum Gasteiger partial charge on any atom is 0.429 e. The summed E-state index contributed by atoms with van der Waals surface area (Å²) in [5.74, 6) is -1.97. The number of rotatable bonds is 4. The molecule has 0 bridgehead atoms. The molecule has 0 aliphatic rings. The molecule has 22 heavy (non-hydrogen) atoms. The third kappa shape index (κ3) is 3.61. The molecule has 0 aromatic carbocycles. The lowest BCUT2D eigenvalue weighted by Crippen LogP contribution is -2.26. The summed E-state index contributed by atoms with van der Waals surface area (Å²) in [5.41, 5.74) is 4.75. The quantitative estimate of drug-likeness (QED) is 0.874. The molecule has 0 fully saturated rings. The van der Waals surface area contributed by atoms with E-state index < -0.39 is 24.2 Å². The van der Waals surface area contributed by atoms with Crippen molar-refractivity contribution >= 4 is 23.2 Å². The van der Waals surface area contributed by atoms with Crippen LogP contribution in [0.15, 0.2) is 36.0 Å². The zero-order valence-corrected chi connectivity index (χ0v) is 11.6. The average Bonchev–Trinajstić information content (AvgIpc) is 2.94. The SMILES string of the molecule is NC(=O)c1csc(C(=O)O[C@H](c2cccnc2)C(F)(F)F)c1. The molecular formula is C13H9F3N2O3S. The van der Waals surface area contributed by atoms with Gasteiger partial charge in [0.1, 0.15) is 4.88 Å². The lowest BCUT2D eigenvalue weighted by molar-refractivity contribution is -0.207. The van der Waals surface area contributed by atoms with Crippen LogP contribution in [0.1, 0.15) is 31.7 Å². The topological polar surface area (TPSA) is 82.3 Å². The van der Waals surface area contributed by atoms with Crippen molar-refractivity contribution < 1.29 is 27.5 Å². The molecular weight excluding hydrogens is 321 g/mol. The molecule has 2 rings (SSSR count). The van der Waals surface area contributed by atoms with Crippen LogP contribution in [-0.4, -0.2) is 23.0 Å². The minimum Gasteiger partial charge on any atom is -0.443 e. The summed E-state index contributed by atoms with van der Waals surface area (Å²) in [6.07, 6.45) is -4.96. The van der Waals surface area contributed by atoms with Crippen molar-refractivity contribution in [2.45, 2.75) is 12.3 Å². The van der Waals surface area contributed by atoms with Crippen LogP contribution in [0.3, 0.4) is 0 Å². The van der Waals surface area contributed by atoms with E-state index in [1.807, 2.05) is 0 Å². The van der Waals surface area contributed by atoms with Gasteiger partial charge in [-0.2, -0.15) is 13.2 Å². The summed E-state index contributed by atoms with van der Waals surface area (Å²) in [5, 5.41) is 1.27. The average molecular weight is 330 g/mol. The number of aromatic nitrogens is 1. The largest absolute Gasteiger partial charge is 0.443 e. The maximum absolute atomic E-state index is 13.0. The zero-order valence-electron chi connectivity index (χ0n) is 10.8. The number of ether oxygens (including phenoxy) is 1. The first kappa shape index (κ1) is 16.0. The zero-order chi connectivity index (χ0) is 16.3. The number of hydrogen-bond acceptors (Lipinski definition) is 5. The number of carbonyl (C=O) groups is 2. The van der Waals surface area contributed by atoms with Gasteiger partial charge in [-0.3, -0.25) is 9.78 Å². The van der Waals surface area contributed by atoms with E-state index in [1.165, 1.54) is 17.6 Å². The van der Waals surface area contributed by atoms with Gasteiger partial charge in [-0.05, 0) is 12.1 Å². The Bertz CT molecular complexity index is 685. The van der Waals surface area contributed by atoms with Gasteiger partial charge in [-0.25, -0.2) is 4.79 Å². The van der Waals surface area contributed by atoms with Crippen LogP contribution in [0, 0.1) is 0 Å². The molecule has 0 spiro atoms. The van der Waals surface area contributed by atoms with Gasteiger partial charge >= 0.3 is 12.1 Å². The Morgan fingerprint density at radius 2 is 2.09 bits per heavy atom. The van der Waals surface area contributed by atoms with Crippen molar-refractivity contribution in [3.05, 3.63) is 52.0 Å². The number of pyridine rings is 1. The number of esters is 1. The lowest BCUT2D eigenvalue weighted by atomic mass is 10.1. The molecule has 0 radical (unpaired) electrons. The van der Waals surface area contributed by atoms with Crippen molar-refractivity contribution in [1.82, 2.24) is 4.98 Å². The minimum absolute atomic E-state index is 0.0295. The number of alkyl halides is 3. The Morgan fingerprint density at radius 3 is 2.59 bits per heavy atom. The Labute approximate surface area is 126 Å². The number of halogens is 3. The number of thiophene rings is 1. The van der Waals surface area contributed by atoms with Crippen LogP contribution in [-0.2, 0) is 4.74 Å². The Balaban J connectivity index is 2.23. The highest BCUT2D eigenvalue weighted by molar-refractivity contribution is 7.12. The molecule has 9 heteroatoms. The van der Waals surface area contributed by atoms with Gasteiger partial charge in [0.25, 0.3) is 0 Å². The van der Waals surface area contributed by atoms with Crippen molar-refractivity contribution in [2.75, 3.05) is 0 Å². The van der Waals surface area contributed by atoms with Crippen LogP contribution in [0.25, 0.3) is 0 Å². The minimum atomic E-state index is -4.79. The standard InChI is InChI=1S/C13H9F3N2O3S/c14-13(15,16)10(7-2-1-3-18-5-7)21-12(20)9-4-8(6-22-9)11(17)19/h1-6,10H,(H2,17,19)/t10-/m1/s1. The smallest absolute Gasteiger partial charge is 0.429 e. The first-order valence-electron chi connectivity index (χ1n) is 5.85. The molecule has 0 aliphatic heterocycles. The van der Waals surface area contributed by atoms with Crippen LogP contribution in [0.4, 0.5) is 13.2 Å². The summed E-state index contributed by atoms with van der Waals surface area (Å²) in [6.45, 7) is 0. The number of carbonyl (C=O) groups excluding carboxylic acids is 2. The number of nitrogens with two attached hydrogens (primary N) is 1. The highest BCUT2D eigenvalue weighted by atomic mass is 32.1. The van der Waals surface area contributed by atoms with E-state index in [4.69, 9.17) is 5.73 Å². The van der Waals surface area contributed by atoms with Crippen molar-refractivity contribution in [3.63, 3.8) is 0 Å². The maximum atomic E-state index is 13.0. The second kappa shape index (κ2) is 6.14. The monoisotopic (exact) mass is 330 g/mol. The molecule has 0 aliphatic carbocycles. The van der Waals surface area contributed by atoms with E-state index in [1.54, 1.807) is 0 Å². The highest BCUT2D eigenvalue weighted by Gasteiger charge is 2.44. The van der Waals surface area contributed by atoms with E-state index in [9.17, 15) is 22.8 Å². The van der Waals surface area contributed by atoms with Crippen molar-refractivity contribution in [2.24, 2.45) is 5.73 Å². The third-order valence-corrected chi connectivity index (χ3v) is 3.50. The first-order valence-corrected chi connectivity index (χ1v) is 6.73. The number of primary amides is 1. The molecule has 0 saturated heterocycles. The summed E-state index contributed by atoms with van der Waals surface area (Å²) in [7, 11) is 0. The van der Waals surface area contributed by atoms with Gasteiger partial charge in [0.15, 0.2) is 0 Å². The number of amides is 1. The van der Waals surface area contributed by atoms with Gasteiger partial charge < -0.3 is 10.5 Å². The molecule has 2 heterocycles. The van der Waals surface area contributed by atoms with E-state index in [-0.39, 0.29) is 16.0 Å². The Hall–Kier alpha value is -2.42. The van der Waals surface area contributed by atoms with Crippen LogP contribution in [0.5, 0.6) is 0 Å². The van der Waals surface area contributed by atoms with E-state index in [0.717, 1.165) is 29.7 Å². The van der Waals surface area contributed by atoms with Crippen LogP contribution < -0.4 is 5.73 Å². The Kier molecular flexibility index (Phi) is 4.45. The third-order valence-electron chi connectivity index (χ3n) is 2.59. The molecule has 1 amide bonds. The van der Waals surface area contributed by atoms with Gasteiger partial charge in [0, 0.05) is 23.3 Å². The van der Waals surface area contributed by atoms with Gasteiger partial charge in [-0.15, -0.1) is 11.3 Å². The van der Waals surface area contributed by atoms with Gasteiger partial charge in [-0.1, -0.05) is 6.07 Å². The highest BCUT2D eigenvalue weighted by Crippen LogP contribution is 2.36. The lowest BCUT2D eigenvalue weighted by Gasteiger charge is -2.20. The summed E-state index contributed by atoms with van der Waals surface area (Å²) >= 11 is 0.775. The normalized spacial score (nSPS) is 12.7. The predicted octanol–water partition coefficient (Wildman–Crippen LogP) is 2.70. The summed E-state index contributed by atoms with van der Waals surface area (Å²) in [4.78, 5) is 26.2. The fraction of sp³-hybridized carbons (Fsp3) is 0.154. The Morgan fingerprint density at radius 1 is 1.36 bits per heavy atom. The second-order valence-corrected chi connectivity index (χ2v) is 5.09. The summed E-state index contributed by atoms with van der Waals surface area (Å²) < 4.78 is 43.7. The molecule has 0 saturated carbocycles. The molecule has 5 nitrogen and oxygen atoms in total. The van der Waals surface area contributed by atoms with Crippen LogP contribution in [0.2, 0.25) is 0 Å². The van der Waals surface area contributed by atoms with Crippen molar-refractivity contribution in [3.8, 4) is 0 Å². The molecule has 2 aromatic heterocycles. The molecule has 1 atom stereocenters. The van der Waals surface area contributed by atoms with E-state index in [2.05, 4.69) is 9.72 Å². The van der Waals surface area contributed by atoms with E-state index >= 15 is 0 Å². The second-order valence-electron chi connectivity index (χ2n) is 4.18. The predicted molar refractivity (Wildman–Crippen MR) is 71.3 cm³/mol.